The van der Waals surface area contributed by atoms with Gasteiger partial charge in [-0.2, -0.15) is 0 Å². The van der Waals surface area contributed by atoms with E-state index in [-0.39, 0.29) is 0 Å². The van der Waals surface area contributed by atoms with Gasteiger partial charge in [-0.25, -0.2) is 13.2 Å². The summed E-state index contributed by atoms with van der Waals surface area (Å²) in [5, 5.41) is 5.85. The lowest BCUT2D eigenvalue weighted by atomic mass is 10.0. The van der Waals surface area contributed by atoms with Crippen molar-refractivity contribution in [1.29, 1.82) is 0 Å². The van der Waals surface area contributed by atoms with Gasteiger partial charge in [0.1, 0.15) is 0 Å². The van der Waals surface area contributed by atoms with E-state index in [9.17, 15) is 18.0 Å². The molecule has 1 aromatic carbocycles. The summed E-state index contributed by atoms with van der Waals surface area (Å²) in [6.07, 6.45) is 4.10. The molecule has 0 saturated carbocycles. The van der Waals surface area contributed by atoms with E-state index in [1.807, 2.05) is 0 Å². The Hall–Kier alpha value is -1.56. The SMILES string of the molecule is O=C(NCCC1CCCCN1)c1ccc(F)c(F)c1F. The molecule has 1 atom stereocenters. The van der Waals surface area contributed by atoms with Gasteiger partial charge in [0.15, 0.2) is 17.5 Å². The summed E-state index contributed by atoms with van der Waals surface area (Å²) in [5.74, 6) is -5.09. The van der Waals surface area contributed by atoms with Gasteiger partial charge in [-0.05, 0) is 37.9 Å². The lowest BCUT2D eigenvalue weighted by Crippen LogP contribution is -2.37. The Morgan fingerprint density at radius 3 is 2.75 bits per heavy atom. The van der Waals surface area contributed by atoms with Crippen molar-refractivity contribution in [3.63, 3.8) is 0 Å². The second-order valence-corrected chi connectivity index (χ2v) is 4.91. The second kappa shape index (κ2) is 6.74. The standard InChI is InChI=1S/C14H17F3N2O/c15-11-5-4-10(12(16)13(11)17)14(20)19-8-6-9-3-1-2-7-18-9/h4-5,9,18H,1-3,6-8H2,(H,19,20). The molecule has 1 amide bonds. The molecule has 0 aliphatic carbocycles. The topological polar surface area (TPSA) is 41.1 Å². The van der Waals surface area contributed by atoms with E-state index in [2.05, 4.69) is 10.6 Å². The summed E-state index contributed by atoms with van der Waals surface area (Å²) in [7, 11) is 0. The highest BCUT2D eigenvalue weighted by Crippen LogP contribution is 2.15. The quantitative estimate of drug-likeness (QED) is 0.834. The maximum atomic E-state index is 13.4. The molecule has 1 heterocycles. The van der Waals surface area contributed by atoms with Crippen LogP contribution in [-0.2, 0) is 0 Å². The number of benzene rings is 1. The van der Waals surface area contributed by atoms with Crippen LogP contribution in [0.2, 0.25) is 0 Å². The van der Waals surface area contributed by atoms with Crippen molar-refractivity contribution in [2.24, 2.45) is 0 Å². The van der Waals surface area contributed by atoms with Crippen molar-refractivity contribution < 1.29 is 18.0 Å². The number of carbonyl (C=O) groups excluding carboxylic acids is 1. The van der Waals surface area contributed by atoms with E-state index in [0.717, 1.165) is 44.4 Å². The van der Waals surface area contributed by atoms with E-state index in [1.54, 1.807) is 0 Å². The number of halogens is 3. The van der Waals surface area contributed by atoms with Gasteiger partial charge in [0.05, 0.1) is 5.56 Å². The van der Waals surface area contributed by atoms with Crippen LogP contribution in [0.25, 0.3) is 0 Å². The Labute approximate surface area is 115 Å². The fourth-order valence-corrected chi connectivity index (χ4v) is 2.33. The van der Waals surface area contributed by atoms with Gasteiger partial charge in [0.25, 0.3) is 5.91 Å². The van der Waals surface area contributed by atoms with Crippen molar-refractivity contribution in [3.8, 4) is 0 Å². The summed E-state index contributed by atoms with van der Waals surface area (Å²) < 4.78 is 39.2. The van der Waals surface area contributed by atoms with E-state index in [1.165, 1.54) is 0 Å². The molecule has 1 saturated heterocycles. The van der Waals surface area contributed by atoms with Gasteiger partial charge in [-0.1, -0.05) is 6.42 Å². The van der Waals surface area contributed by atoms with Crippen LogP contribution >= 0.6 is 0 Å². The van der Waals surface area contributed by atoms with E-state index in [0.29, 0.717) is 12.6 Å². The number of nitrogens with one attached hydrogen (secondary N) is 2. The molecule has 1 unspecified atom stereocenters. The van der Waals surface area contributed by atoms with E-state index < -0.39 is 28.9 Å². The summed E-state index contributed by atoms with van der Waals surface area (Å²) in [4.78, 5) is 11.7. The minimum Gasteiger partial charge on any atom is -0.352 e. The smallest absolute Gasteiger partial charge is 0.254 e. The maximum Gasteiger partial charge on any atom is 0.254 e. The molecular formula is C14H17F3N2O. The lowest BCUT2D eigenvalue weighted by Gasteiger charge is -2.23. The van der Waals surface area contributed by atoms with Gasteiger partial charge < -0.3 is 10.6 Å². The third kappa shape index (κ3) is 3.50. The molecule has 20 heavy (non-hydrogen) atoms. The van der Waals surface area contributed by atoms with Crippen molar-refractivity contribution in [3.05, 3.63) is 35.1 Å². The molecule has 2 rings (SSSR count). The molecule has 1 fully saturated rings. The minimum absolute atomic E-state index is 0.346. The number of hydrogen-bond acceptors (Lipinski definition) is 2. The van der Waals surface area contributed by atoms with E-state index in [4.69, 9.17) is 0 Å². The van der Waals surface area contributed by atoms with Crippen LogP contribution in [0.3, 0.4) is 0 Å². The van der Waals surface area contributed by atoms with Gasteiger partial charge >= 0.3 is 0 Å². The zero-order valence-corrected chi connectivity index (χ0v) is 11.0. The largest absolute Gasteiger partial charge is 0.352 e. The molecule has 110 valence electrons. The molecular weight excluding hydrogens is 269 g/mol. The van der Waals surface area contributed by atoms with E-state index >= 15 is 0 Å². The Kier molecular flexibility index (Phi) is 5.00. The van der Waals surface area contributed by atoms with Crippen molar-refractivity contribution in [2.45, 2.75) is 31.7 Å². The number of rotatable bonds is 4. The third-order valence-electron chi connectivity index (χ3n) is 3.47. The van der Waals surface area contributed by atoms with Crippen LogP contribution in [0.1, 0.15) is 36.0 Å². The van der Waals surface area contributed by atoms with Crippen molar-refractivity contribution >= 4 is 5.91 Å². The van der Waals surface area contributed by atoms with Crippen molar-refractivity contribution in [1.82, 2.24) is 10.6 Å². The molecule has 2 N–H and O–H groups in total. The maximum absolute atomic E-state index is 13.4. The second-order valence-electron chi connectivity index (χ2n) is 4.91. The highest BCUT2D eigenvalue weighted by Gasteiger charge is 2.19. The Balaban J connectivity index is 1.87. The molecule has 6 heteroatoms. The first-order chi connectivity index (χ1) is 9.59. The lowest BCUT2D eigenvalue weighted by molar-refractivity contribution is 0.0946. The minimum atomic E-state index is -1.62. The highest BCUT2D eigenvalue weighted by atomic mass is 19.2. The number of piperidine rings is 1. The normalized spacial score (nSPS) is 18.9. The fourth-order valence-electron chi connectivity index (χ4n) is 2.33. The molecule has 0 aromatic heterocycles. The molecule has 3 nitrogen and oxygen atoms in total. The Morgan fingerprint density at radius 1 is 1.25 bits per heavy atom. The predicted octanol–water partition coefficient (Wildman–Crippen LogP) is 2.37. The fraction of sp³-hybridized carbons (Fsp3) is 0.500. The molecule has 0 bridgehead atoms. The molecule has 0 spiro atoms. The first kappa shape index (κ1) is 14.8. The first-order valence-electron chi connectivity index (χ1n) is 6.74. The molecule has 0 radical (unpaired) electrons. The highest BCUT2D eigenvalue weighted by molar-refractivity contribution is 5.94. The van der Waals surface area contributed by atoms with Crippen LogP contribution in [0, 0.1) is 17.5 Å². The van der Waals surface area contributed by atoms with Crippen LogP contribution < -0.4 is 10.6 Å². The number of carbonyl (C=O) groups is 1. The Bertz CT molecular complexity index is 488. The zero-order chi connectivity index (χ0) is 14.5. The first-order valence-corrected chi connectivity index (χ1v) is 6.74. The zero-order valence-electron chi connectivity index (χ0n) is 11.0. The van der Waals surface area contributed by atoms with Gasteiger partial charge in [0.2, 0.25) is 0 Å². The molecule has 1 aliphatic rings. The summed E-state index contributed by atoms with van der Waals surface area (Å²) in [5.41, 5.74) is -0.472. The average Bonchev–Trinajstić information content (AvgIpc) is 2.46. The van der Waals surface area contributed by atoms with Gasteiger partial charge in [-0.3, -0.25) is 4.79 Å². The third-order valence-corrected chi connectivity index (χ3v) is 3.47. The number of hydrogen-bond donors (Lipinski definition) is 2. The Morgan fingerprint density at radius 2 is 2.05 bits per heavy atom. The summed E-state index contributed by atoms with van der Waals surface area (Å²) in [6, 6.07) is 2.04. The molecule has 1 aromatic rings. The number of amides is 1. The monoisotopic (exact) mass is 286 g/mol. The van der Waals surface area contributed by atoms with Crippen LogP contribution in [-0.4, -0.2) is 25.0 Å². The van der Waals surface area contributed by atoms with Gasteiger partial charge in [-0.15, -0.1) is 0 Å². The average molecular weight is 286 g/mol. The van der Waals surface area contributed by atoms with Crippen LogP contribution in [0.5, 0.6) is 0 Å². The predicted molar refractivity (Wildman–Crippen MR) is 68.9 cm³/mol. The van der Waals surface area contributed by atoms with Crippen LogP contribution in [0.15, 0.2) is 12.1 Å². The van der Waals surface area contributed by atoms with Gasteiger partial charge in [0, 0.05) is 12.6 Å². The van der Waals surface area contributed by atoms with Crippen LogP contribution in [0.4, 0.5) is 13.2 Å². The van der Waals surface area contributed by atoms with Crippen molar-refractivity contribution in [2.75, 3.05) is 13.1 Å². The molecule has 1 aliphatic heterocycles. The summed E-state index contributed by atoms with van der Waals surface area (Å²) >= 11 is 0. The summed E-state index contributed by atoms with van der Waals surface area (Å²) in [6.45, 7) is 1.34.